The minimum absolute atomic E-state index is 0.542. The number of imidazole rings is 1. The lowest BCUT2D eigenvalue weighted by Crippen LogP contribution is -2.19. The fraction of sp³-hybridized carbons (Fsp3) is 0.0323. The molecule has 0 saturated heterocycles. The number of hydrogen-bond donors (Lipinski definition) is 4. The first kappa shape index (κ1) is 23.0. The van der Waals surface area contributed by atoms with Gasteiger partial charge in [0, 0.05) is 49.6 Å². The molecule has 0 spiro atoms. The Hall–Kier alpha value is -4.20. The molecule has 0 fully saturated rings. The molecule has 2 aromatic heterocycles. The third-order valence-corrected chi connectivity index (χ3v) is 7.62. The highest BCUT2D eigenvalue weighted by Gasteiger charge is 2.24. The van der Waals surface area contributed by atoms with Crippen LogP contribution in [0.3, 0.4) is 0 Å². The Kier molecular flexibility index (Phi) is 5.60. The van der Waals surface area contributed by atoms with Gasteiger partial charge in [-0.05, 0) is 72.2 Å². The zero-order chi connectivity index (χ0) is 25.6. The number of halogens is 1. The molecule has 5 nitrogen and oxygen atoms in total. The maximum atomic E-state index is 5.60. The summed E-state index contributed by atoms with van der Waals surface area (Å²) in [5.41, 5.74) is 10.7. The normalized spacial score (nSPS) is 11.8. The predicted octanol–water partition coefficient (Wildman–Crippen LogP) is 8.37. The summed E-state index contributed by atoms with van der Waals surface area (Å²) in [5, 5.41) is 8.26. The van der Waals surface area contributed by atoms with Crippen LogP contribution in [0, 0.1) is 0 Å². The van der Waals surface area contributed by atoms with Gasteiger partial charge in [-0.1, -0.05) is 64.5 Å². The van der Waals surface area contributed by atoms with E-state index in [9.17, 15) is 0 Å². The Balaban J connectivity index is 1.33. The van der Waals surface area contributed by atoms with Gasteiger partial charge in [0.05, 0.1) is 11.4 Å². The van der Waals surface area contributed by atoms with E-state index < -0.39 is 0 Å². The third kappa shape index (κ3) is 4.10. The van der Waals surface area contributed by atoms with Crippen LogP contribution >= 0.6 is 28.1 Å². The smallest absolute Gasteiger partial charge is 0.175 e. The van der Waals surface area contributed by atoms with Gasteiger partial charge in [0.2, 0.25) is 0 Å². The van der Waals surface area contributed by atoms with E-state index in [1.165, 1.54) is 16.7 Å². The topological polar surface area (TPSA) is 68.5 Å². The van der Waals surface area contributed by atoms with Crippen molar-refractivity contribution in [3.8, 4) is 33.9 Å². The minimum Gasteiger partial charge on any atom is -0.360 e. The van der Waals surface area contributed by atoms with Crippen LogP contribution in [-0.4, -0.2) is 20.1 Å². The number of thiocarbonyl (C=S) groups is 1. The largest absolute Gasteiger partial charge is 0.360 e. The van der Waals surface area contributed by atoms with E-state index in [-0.39, 0.29) is 0 Å². The number of para-hydroxylation sites is 1. The molecule has 0 unspecified atom stereocenters. The van der Waals surface area contributed by atoms with Crippen molar-refractivity contribution in [2.24, 2.45) is 0 Å². The van der Waals surface area contributed by atoms with Crippen LogP contribution < -0.4 is 10.6 Å². The molecule has 38 heavy (non-hydrogen) atoms. The van der Waals surface area contributed by atoms with Gasteiger partial charge in [-0.3, -0.25) is 0 Å². The highest BCUT2D eigenvalue weighted by atomic mass is 79.9. The van der Waals surface area contributed by atoms with Crippen molar-refractivity contribution >= 4 is 55.5 Å². The van der Waals surface area contributed by atoms with Crippen LogP contribution in [0.1, 0.15) is 11.1 Å². The van der Waals surface area contributed by atoms with Crippen LogP contribution in [0.4, 0.5) is 11.4 Å². The molecular formula is C31H22BrN5S. The van der Waals surface area contributed by atoms with Gasteiger partial charge in [-0.15, -0.1) is 0 Å². The molecule has 6 aromatic rings. The lowest BCUT2D eigenvalue weighted by Gasteiger charge is -2.13. The molecule has 4 aromatic carbocycles. The van der Waals surface area contributed by atoms with E-state index in [0.717, 1.165) is 61.5 Å². The van der Waals surface area contributed by atoms with Crippen LogP contribution in [0.5, 0.6) is 0 Å². The maximum absolute atomic E-state index is 5.60. The van der Waals surface area contributed by atoms with Gasteiger partial charge in [0.15, 0.2) is 5.11 Å². The van der Waals surface area contributed by atoms with E-state index >= 15 is 0 Å². The van der Waals surface area contributed by atoms with E-state index in [4.69, 9.17) is 17.2 Å². The fourth-order valence-electron chi connectivity index (χ4n) is 5.15. The molecule has 0 aliphatic heterocycles. The molecule has 0 amide bonds. The van der Waals surface area contributed by atoms with Crippen molar-refractivity contribution in [3.05, 3.63) is 113 Å². The van der Waals surface area contributed by atoms with Crippen molar-refractivity contribution in [2.45, 2.75) is 6.42 Å². The first-order chi connectivity index (χ1) is 18.6. The van der Waals surface area contributed by atoms with Crippen molar-refractivity contribution in [2.75, 3.05) is 10.6 Å². The zero-order valence-electron chi connectivity index (χ0n) is 20.2. The number of aromatic nitrogens is 3. The Bertz CT molecular complexity index is 1840. The second-order valence-corrected chi connectivity index (χ2v) is 10.7. The van der Waals surface area contributed by atoms with Crippen molar-refractivity contribution in [3.63, 3.8) is 0 Å². The monoisotopic (exact) mass is 575 g/mol. The minimum atomic E-state index is 0.542. The second kappa shape index (κ2) is 9.28. The number of hydrogen-bond acceptors (Lipinski definition) is 2. The summed E-state index contributed by atoms with van der Waals surface area (Å²) in [6.45, 7) is 0. The van der Waals surface area contributed by atoms with Crippen LogP contribution in [0.25, 0.3) is 44.8 Å². The summed E-state index contributed by atoms with van der Waals surface area (Å²) in [6.07, 6.45) is 2.85. The first-order valence-corrected chi connectivity index (χ1v) is 13.5. The van der Waals surface area contributed by atoms with Gasteiger partial charge in [-0.25, -0.2) is 4.98 Å². The highest BCUT2D eigenvalue weighted by Crippen LogP contribution is 2.42. The van der Waals surface area contributed by atoms with E-state index in [1.807, 2.05) is 42.6 Å². The molecule has 7 heteroatoms. The van der Waals surface area contributed by atoms with E-state index in [1.54, 1.807) is 0 Å². The summed E-state index contributed by atoms with van der Waals surface area (Å²) in [5.74, 6) is 0.835. The molecule has 1 aliphatic carbocycles. The Morgan fingerprint density at radius 1 is 0.789 bits per heavy atom. The number of nitrogens with zero attached hydrogens (tertiary/aromatic N) is 1. The molecule has 184 valence electrons. The van der Waals surface area contributed by atoms with Gasteiger partial charge in [-0.2, -0.15) is 0 Å². The Morgan fingerprint density at radius 2 is 1.58 bits per heavy atom. The maximum Gasteiger partial charge on any atom is 0.175 e. The van der Waals surface area contributed by atoms with Gasteiger partial charge in [0.25, 0.3) is 0 Å². The predicted molar refractivity (Wildman–Crippen MR) is 164 cm³/mol. The summed E-state index contributed by atoms with van der Waals surface area (Å²) >= 11 is 9.21. The van der Waals surface area contributed by atoms with Crippen molar-refractivity contribution < 1.29 is 0 Å². The SMILES string of the molecule is S=C(Nc1ccccc1)Nc1ccc2c(c1)-c1nc(-c3c[nH]c4ccc(Br)cc34)[nH]c1-c1ccccc1C2. The van der Waals surface area contributed by atoms with Gasteiger partial charge >= 0.3 is 0 Å². The number of nitrogens with one attached hydrogen (secondary N) is 4. The Morgan fingerprint density at radius 3 is 2.47 bits per heavy atom. The fourth-order valence-corrected chi connectivity index (χ4v) is 5.74. The lowest BCUT2D eigenvalue weighted by molar-refractivity contribution is 1.20. The van der Waals surface area contributed by atoms with Gasteiger partial charge < -0.3 is 20.6 Å². The standard InChI is InChI=1S/C31H22BrN5S/c32-20-11-13-27-25(15-20)26(17-33-27)30-36-28-23-9-5-4-6-18(23)14-19-10-12-22(16-24(19)29(28)37-30)35-31(38)34-21-7-2-1-3-8-21/h1-13,15-17,33H,14H2,(H,36,37)(H2,34,35,38). The summed E-state index contributed by atoms with van der Waals surface area (Å²) < 4.78 is 1.03. The number of fused-ring (bicyclic) bond motifs is 6. The van der Waals surface area contributed by atoms with Crippen LogP contribution in [0.2, 0.25) is 0 Å². The van der Waals surface area contributed by atoms with E-state index in [2.05, 4.69) is 91.1 Å². The van der Waals surface area contributed by atoms with E-state index in [0.29, 0.717) is 5.11 Å². The zero-order valence-corrected chi connectivity index (χ0v) is 22.6. The average Bonchev–Trinajstić information content (AvgIpc) is 3.52. The first-order valence-electron chi connectivity index (χ1n) is 12.3. The van der Waals surface area contributed by atoms with Crippen LogP contribution in [-0.2, 0) is 6.42 Å². The summed E-state index contributed by atoms with van der Waals surface area (Å²) in [6, 6.07) is 31.1. The van der Waals surface area contributed by atoms with Crippen molar-refractivity contribution in [1.29, 1.82) is 0 Å². The number of rotatable bonds is 3. The average molecular weight is 577 g/mol. The number of aromatic amines is 2. The molecule has 4 N–H and O–H groups in total. The molecule has 0 atom stereocenters. The third-order valence-electron chi connectivity index (χ3n) is 6.92. The molecule has 0 radical (unpaired) electrons. The lowest BCUT2D eigenvalue weighted by atomic mass is 9.99. The molecule has 7 rings (SSSR count). The second-order valence-electron chi connectivity index (χ2n) is 9.35. The Labute approximate surface area is 233 Å². The number of benzene rings is 4. The summed E-state index contributed by atoms with van der Waals surface area (Å²) in [7, 11) is 0. The van der Waals surface area contributed by atoms with Crippen molar-refractivity contribution in [1.82, 2.24) is 15.0 Å². The molecule has 0 bridgehead atoms. The summed E-state index contributed by atoms with van der Waals surface area (Å²) in [4.78, 5) is 12.3. The molecule has 1 aliphatic rings. The quantitative estimate of drug-likeness (QED) is 0.160. The molecule has 2 heterocycles. The molecule has 0 saturated carbocycles. The highest BCUT2D eigenvalue weighted by molar-refractivity contribution is 9.10. The van der Waals surface area contributed by atoms with Crippen LogP contribution in [0.15, 0.2) is 102 Å². The number of anilines is 2. The molecular weight excluding hydrogens is 554 g/mol. The number of H-pyrrole nitrogens is 2. The van der Waals surface area contributed by atoms with Gasteiger partial charge in [0.1, 0.15) is 5.82 Å².